The maximum absolute atomic E-state index is 9.41. The molecular formula is C15H23NO. The third-order valence-electron chi connectivity index (χ3n) is 3.88. The number of hydrogen-bond donors (Lipinski definition) is 1. The average molecular weight is 233 g/mol. The Labute approximate surface area is 104 Å². The van der Waals surface area contributed by atoms with Crippen molar-refractivity contribution >= 4 is 5.69 Å². The predicted molar refractivity (Wildman–Crippen MR) is 72.7 cm³/mol. The van der Waals surface area contributed by atoms with Gasteiger partial charge in [0.05, 0.1) is 6.61 Å². The molecule has 1 fully saturated rings. The van der Waals surface area contributed by atoms with Gasteiger partial charge in [-0.1, -0.05) is 17.7 Å². The zero-order valence-corrected chi connectivity index (χ0v) is 11.4. The minimum absolute atomic E-state index is 0.179. The summed E-state index contributed by atoms with van der Waals surface area (Å²) in [5.74, 6) is 0. The molecule has 1 aliphatic carbocycles. The Morgan fingerprint density at radius 3 is 2.12 bits per heavy atom. The van der Waals surface area contributed by atoms with Crippen molar-refractivity contribution in [3.63, 3.8) is 0 Å². The van der Waals surface area contributed by atoms with Gasteiger partial charge in [0.15, 0.2) is 0 Å². The molecule has 2 rings (SSSR count). The normalized spacial score (nSPS) is 17.0. The summed E-state index contributed by atoms with van der Waals surface area (Å²) in [5.41, 5.74) is 5.49. The summed E-state index contributed by atoms with van der Waals surface area (Å²) in [6.07, 6.45) is 2.33. The molecule has 1 aromatic rings. The van der Waals surface area contributed by atoms with E-state index in [0.29, 0.717) is 6.61 Å². The Hall–Kier alpha value is -1.02. The van der Waals surface area contributed by atoms with Crippen molar-refractivity contribution in [1.82, 2.24) is 0 Å². The summed E-state index contributed by atoms with van der Waals surface area (Å²) in [5, 5.41) is 9.41. The number of aliphatic hydroxyl groups is 1. The van der Waals surface area contributed by atoms with E-state index in [0.717, 1.165) is 19.4 Å². The molecule has 2 nitrogen and oxygen atoms in total. The minimum Gasteiger partial charge on any atom is -0.396 e. The van der Waals surface area contributed by atoms with Crippen molar-refractivity contribution < 1.29 is 5.11 Å². The average Bonchev–Trinajstić information content (AvgIpc) is 2.96. The molecule has 94 valence electrons. The molecule has 0 heterocycles. The van der Waals surface area contributed by atoms with Gasteiger partial charge in [-0.15, -0.1) is 0 Å². The Kier molecular flexibility index (Phi) is 3.17. The first-order valence-corrected chi connectivity index (χ1v) is 6.37. The van der Waals surface area contributed by atoms with Crippen LogP contribution < -0.4 is 4.90 Å². The van der Waals surface area contributed by atoms with Crippen molar-refractivity contribution in [3.05, 3.63) is 28.8 Å². The second-order valence-electron chi connectivity index (χ2n) is 5.76. The summed E-state index contributed by atoms with van der Waals surface area (Å²) < 4.78 is 0. The summed E-state index contributed by atoms with van der Waals surface area (Å²) in [7, 11) is 2.14. The second kappa shape index (κ2) is 4.34. The van der Waals surface area contributed by atoms with E-state index in [4.69, 9.17) is 0 Å². The van der Waals surface area contributed by atoms with Gasteiger partial charge in [0.1, 0.15) is 0 Å². The standard InChI is InChI=1S/C15H23NO/c1-11-7-12(2)14(13(3)8-11)16(4)9-15(10-17)5-6-15/h7-8,17H,5-6,9-10H2,1-4H3. The highest BCUT2D eigenvalue weighted by Crippen LogP contribution is 2.46. The van der Waals surface area contributed by atoms with Crippen molar-refractivity contribution in [2.24, 2.45) is 5.41 Å². The van der Waals surface area contributed by atoms with Crippen molar-refractivity contribution in [3.8, 4) is 0 Å². The molecule has 0 aromatic heterocycles. The SMILES string of the molecule is Cc1cc(C)c(N(C)CC2(CO)CC2)c(C)c1. The van der Waals surface area contributed by atoms with Gasteiger partial charge in [-0.3, -0.25) is 0 Å². The molecule has 1 N–H and O–H groups in total. The number of aliphatic hydroxyl groups excluding tert-OH is 1. The molecule has 1 aromatic carbocycles. The lowest BCUT2D eigenvalue weighted by atomic mass is 10.0. The van der Waals surface area contributed by atoms with Crippen LogP contribution in [0.5, 0.6) is 0 Å². The maximum Gasteiger partial charge on any atom is 0.0504 e. The van der Waals surface area contributed by atoms with Crippen LogP contribution in [0.3, 0.4) is 0 Å². The van der Waals surface area contributed by atoms with Gasteiger partial charge in [0, 0.05) is 24.7 Å². The molecule has 2 heteroatoms. The number of benzene rings is 1. The largest absolute Gasteiger partial charge is 0.396 e. The van der Waals surface area contributed by atoms with Gasteiger partial charge in [-0.25, -0.2) is 0 Å². The smallest absolute Gasteiger partial charge is 0.0504 e. The summed E-state index contributed by atoms with van der Waals surface area (Å²) in [6, 6.07) is 4.47. The number of hydrogen-bond acceptors (Lipinski definition) is 2. The minimum atomic E-state index is 0.179. The molecule has 17 heavy (non-hydrogen) atoms. The fourth-order valence-corrected chi connectivity index (χ4v) is 2.90. The van der Waals surface area contributed by atoms with Gasteiger partial charge in [0.25, 0.3) is 0 Å². The van der Waals surface area contributed by atoms with E-state index in [-0.39, 0.29) is 5.41 Å². The number of rotatable bonds is 4. The van der Waals surface area contributed by atoms with Crippen LogP contribution in [-0.2, 0) is 0 Å². The topological polar surface area (TPSA) is 23.5 Å². The van der Waals surface area contributed by atoms with E-state index >= 15 is 0 Å². The first kappa shape index (κ1) is 12.4. The maximum atomic E-state index is 9.41. The molecule has 0 bridgehead atoms. The Morgan fingerprint density at radius 2 is 1.71 bits per heavy atom. The Morgan fingerprint density at radius 1 is 1.18 bits per heavy atom. The van der Waals surface area contributed by atoms with Gasteiger partial charge < -0.3 is 10.0 Å². The van der Waals surface area contributed by atoms with Crippen LogP contribution in [0, 0.1) is 26.2 Å². The van der Waals surface area contributed by atoms with Gasteiger partial charge in [-0.2, -0.15) is 0 Å². The molecule has 0 unspecified atom stereocenters. The highest BCUT2D eigenvalue weighted by molar-refractivity contribution is 5.60. The molecule has 0 amide bonds. The monoisotopic (exact) mass is 233 g/mol. The molecule has 1 aliphatic rings. The van der Waals surface area contributed by atoms with E-state index in [2.05, 4.69) is 44.9 Å². The second-order valence-corrected chi connectivity index (χ2v) is 5.76. The highest BCUT2D eigenvalue weighted by atomic mass is 16.3. The highest BCUT2D eigenvalue weighted by Gasteiger charge is 2.43. The van der Waals surface area contributed by atoms with Crippen molar-refractivity contribution in [2.45, 2.75) is 33.6 Å². The van der Waals surface area contributed by atoms with E-state index < -0.39 is 0 Å². The van der Waals surface area contributed by atoms with Crippen LogP contribution in [0.15, 0.2) is 12.1 Å². The van der Waals surface area contributed by atoms with E-state index in [1.54, 1.807) is 0 Å². The first-order valence-electron chi connectivity index (χ1n) is 6.37. The van der Waals surface area contributed by atoms with Crippen LogP contribution in [0.4, 0.5) is 5.69 Å². The van der Waals surface area contributed by atoms with E-state index in [9.17, 15) is 5.11 Å². The van der Waals surface area contributed by atoms with Crippen molar-refractivity contribution in [2.75, 3.05) is 25.1 Å². The van der Waals surface area contributed by atoms with Crippen LogP contribution >= 0.6 is 0 Å². The zero-order valence-electron chi connectivity index (χ0n) is 11.4. The van der Waals surface area contributed by atoms with Crippen LogP contribution in [-0.4, -0.2) is 25.3 Å². The lowest BCUT2D eigenvalue weighted by molar-refractivity contribution is 0.215. The lowest BCUT2D eigenvalue weighted by Gasteiger charge is -2.27. The number of nitrogens with zero attached hydrogens (tertiary/aromatic N) is 1. The molecule has 0 aliphatic heterocycles. The van der Waals surface area contributed by atoms with Gasteiger partial charge in [0.2, 0.25) is 0 Å². The van der Waals surface area contributed by atoms with Crippen LogP contribution in [0.1, 0.15) is 29.5 Å². The Balaban J connectivity index is 2.22. The molecule has 1 saturated carbocycles. The number of aryl methyl sites for hydroxylation is 3. The Bertz CT molecular complexity index is 398. The molecule has 0 saturated heterocycles. The van der Waals surface area contributed by atoms with E-state index in [1.165, 1.54) is 22.4 Å². The van der Waals surface area contributed by atoms with Crippen molar-refractivity contribution in [1.29, 1.82) is 0 Å². The first-order chi connectivity index (χ1) is 7.97. The molecule has 0 radical (unpaired) electrons. The van der Waals surface area contributed by atoms with Crippen LogP contribution in [0.2, 0.25) is 0 Å². The van der Waals surface area contributed by atoms with Gasteiger partial charge in [-0.05, 0) is 44.7 Å². The van der Waals surface area contributed by atoms with Crippen LogP contribution in [0.25, 0.3) is 0 Å². The quantitative estimate of drug-likeness (QED) is 0.864. The predicted octanol–water partition coefficient (Wildman–Crippen LogP) is 2.82. The zero-order chi connectivity index (χ0) is 12.6. The summed E-state index contributed by atoms with van der Waals surface area (Å²) >= 11 is 0. The summed E-state index contributed by atoms with van der Waals surface area (Å²) in [4.78, 5) is 2.31. The summed E-state index contributed by atoms with van der Waals surface area (Å²) in [6.45, 7) is 7.77. The third-order valence-corrected chi connectivity index (χ3v) is 3.88. The molecule has 0 atom stereocenters. The molecular weight excluding hydrogens is 210 g/mol. The number of anilines is 1. The van der Waals surface area contributed by atoms with Gasteiger partial charge >= 0.3 is 0 Å². The fourth-order valence-electron chi connectivity index (χ4n) is 2.90. The van der Waals surface area contributed by atoms with E-state index in [1.807, 2.05) is 0 Å². The lowest BCUT2D eigenvalue weighted by Crippen LogP contribution is -2.29. The molecule has 0 spiro atoms. The fraction of sp³-hybridized carbons (Fsp3) is 0.600. The third kappa shape index (κ3) is 2.47.